The number of imidazole rings is 1. The van der Waals surface area contributed by atoms with E-state index in [1.54, 1.807) is 12.1 Å². The van der Waals surface area contributed by atoms with E-state index in [4.69, 9.17) is 16.1 Å². The zero-order valence-corrected chi connectivity index (χ0v) is 16.7. The molecule has 4 rings (SSSR count). The molecular formula is C21H20ClN5O2. The van der Waals surface area contributed by atoms with E-state index in [0.29, 0.717) is 36.2 Å². The highest BCUT2D eigenvalue weighted by molar-refractivity contribution is 6.30. The van der Waals surface area contributed by atoms with E-state index in [2.05, 4.69) is 25.0 Å². The molecule has 0 saturated heterocycles. The summed E-state index contributed by atoms with van der Waals surface area (Å²) in [6, 6.07) is 15.2. The maximum Gasteiger partial charge on any atom is 0.227 e. The van der Waals surface area contributed by atoms with E-state index < -0.39 is 0 Å². The maximum atomic E-state index is 12.2. The highest BCUT2D eigenvalue weighted by Crippen LogP contribution is 2.19. The third-order valence-corrected chi connectivity index (χ3v) is 4.89. The molecule has 0 aliphatic carbocycles. The smallest absolute Gasteiger partial charge is 0.227 e. The van der Waals surface area contributed by atoms with Crippen molar-refractivity contribution in [2.45, 2.75) is 26.3 Å². The Hall–Kier alpha value is -3.19. The van der Waals surface area contributed by atoms with Crippen molar-refractivity contribution in [2.75, 3.05) is 6.54 Å². The number of fused-ring (bicyclic) bond motifs is 1. The third-order valence-electron chi connectivity index (χ3n) is 4.64. The van der Waals surface area contributed by atoms with Crippen LogP contribution in [-0.4, -0.2) is 32.1 Å². The average molecular weight is 410 g/mol. The van der Waals surface area contributed by atoms with Gasteiger partial charge in [0.15, 0.2) is 0 Å². The molecule has 0 atom stereocenters. The molecule has 2 aromatic heterocycles. The number of hydrogen-bond acceptors (Lipinski definition) is 5. The molecule has 0 radical (unpaired) electrons. The summed E-state index contributed by atoms with van der Waals surface area (Å²) in [4.78, 5) is 21.0. The summed E-state index contributed by atoms with van der Waals surface area (Å²) in [6.45, 7) is 3.16. The first-order valence-corrected chi connectivity index (χ1v) is 9.75. The summed E-state index contributed by atoms with van der Waals surface area (Å²) >= 11 is 5.89. The molecule has 0 aliphatic heterocycles. The van der Waals surface area contributed by atoms with Crippen LogP contribution in [0.4, 0.5) is 0 Å². The lowest BCUT2D eigenvalue weighted by atomic mass is 10.2. The van der Waals surface area contributed by atoms with Crippen molar-refractivity contribution in [2.24, 2.45) is 0 Å². The summed E-state index contributed by atoms with van der Waals surface area (Å²) in [7, 11) is 0. The number of rotatable bonds is 7. The quantitative estimate of drug-likeness (QED) is 0.501. The van der Waals surface area contributed by atoms with Gasteiger partial charge in [0.05, 0.1) is 11.0 Å². The minimum Gasteiger partial charge on any atom is -0.354 e. The van der Waals surface area contributed by atoms with E-state index in [1.807, 2.05) is 43.3 Å². The fraction of sp³-hybridized carbons (Fsp3) is 0.238. The number of nitrogens with one attached hydrogen (secondary N) is 1. The largest absolute Gasteiger partial charge is 0.354 e. The molecule has 1 N–H and O–H groups in total. The van der Waals surface area contributed by atoms with Crippen molar-refractivity contribution in [3.63, 3.8) is 0 Å². The number of halogens is 1. The Morgan fingerprint density at radius 2 is 1.93 bits per heavy atom. The molecule has 148 valence electrons. The summed E-state index contributed by atoms with van der Waals surface area (Å²) < 4.78 is 7.34. The second-order valence-electron chi connectivity index (χ2n) is 6.67. The van der Waals surface area contributed by atoms with Gasteiger partial charge in [-0.2, -0.15) is 4.98 Å². The standard InChI is InChI=1S/C21H20ClN5O2/c1-14-24-17-4-2-3-5-18(17)27(14)13-12-23-19(28)10-11-20-25-21(26-29-20)15-6-8-16(22)9-7-15/h2-9H,10-13H2,1H3,(H,23,28). The van der Waals surface area contributed by atoms with Gasteiger partial charge in [-0.15, -0.1) is 0 Å². The van der Waals surface area contributed by atoms with Crippen molar-refractivity contribution in [3.05, 3.63) is 65.3 Å². The zero-order valence-electron chi connectivity index (χ0n) is 15.9. The fourth-order valence-corrected chi connectivity index (χ4v) is 3.29. The number of aryl methyl sites for hydroxylation is 2. The maximum absolute atomic E-state index is 12.2. The fourth-order valence-electron chi connectivity index (χ4n) is 3.17. The van der Waals surface area contributed by atoms with E-state index >= 15 is 0 Å². The van der Waals surface area contributed by atoms with Crippen LogP contribution in [0.5, 0.6) is 0 Å². The Balaban J connectivity index is 1.27. The van der Waals surface area contributed by atoms with Gasteiger partial charge in [0.25, 0.3) is 0 Å². The Labute approximate surface area is 172 Å². The topological polar surface area (TPSA) is 85.8 Å². The molecule has 29 heavy (non-hydrogen) atoms. The molecular weight excluding hydrogens is 390 g/mol. The highest BCUT2D eigenvalue weighted by Gasteiger charge is 2.11. The van der Waals surface area contributed by atoms with E-state index in [0.717, 1.165) is 22.4 Å². The van der Waals surface area contributed by atoms with Gasteiger partial charge in [0, 0.05) is 36.5 Å². The van der Waals surface area contributed by atoms with Crippen molar-refractivity contribution in [1.82, 2.24) is 25.0 Å². The zero-order chi connectivity index (χ0) is 20.2. The molecule has 2 heterocycles. The second-order valence-corrected chi connectivity index (χ2v) is 7.10. The van der Waals surface area contributed by atoms with Crippen LogP contribution in [0.25, 0.3) is 22.4 Å². The number of amides is 1. The van der Waals surface area contributed by atoms with E-state index in [9.17, 15) is 4.79 Å². The number of benzene rings is 2. The highest BCUT2D eigenvalue weighted by atomic mass is 35.5. The van der Waals surface area contributed by atoms with Crippen LogP contribution in [0.3, 0.4) is 0 Å². The van der Waals surface area contributed by atoms with Gasteiger partial charge in [-0.25, -0.2) is 4.98 Å². The molecule has 0 bridgehead atoms. The Bertz CT molecular complexity index is 1130. The van der Waals surface area contributed by atoms with E-state index in [-0.39, 0.29) is 12.3 Å². The first-order chi connectivity index (χ1) is 14.1. The molecule has 7 nitrogen and oxygen atoms in total. The lowest BCUT2D eigenvalue weighted by Crippen LogP contribution is -2.27. The molecule has 2 aromatic carbocycles. The Morgan fingerprint density at radius 3 is 2.76 bits per heavy atom. The van der Waals surface area contributed by atoms with Gasteiger partial charge in [-0.05, 0) is 43.3 Å². The van der Waals surface area contributed by atoms with Crippen LogP contribution in [0.1, 0.15) is 18.1 Å². The number of carbonyl (C=O) groups is 1. The van der Waals surface area contributed by atoms with Crippen molar-refractivity contribution < 1.29 is 9.32 Å². The van der Waals surface area contributed by atoms with Crippen LogP contribution in [-0.2, 0) is 17.8 Å². The lowest BCUT2D eigenvalue weighted by Gasteiger charge is -2.08. The number of para-hydroxylation sites is 2. The molecule has 0 unspecified atom stereocenters. The molecule has 0 saturated carbocycles. The van der Waals surface area contributed by atoms with Crippen LogP contribution >= 0.6 is 11.6 Å². The van der Waals surface area contributed by atoms with Gasteiger partial charge in [0.2, 0.25) is 17.6 Å². The van der Waals surface area contributed by atoms with Crippen molar-refractivity contribution >= 4 is 28.5 Å². The molecule has 1 amide bonds. The third kappa shape index (κ3) is 4.46. The van der Waals surface area contributed by atoms with Gasteiger partial charge in [-0.3, -0.25) is 4.79 Å². The molecule has 0 aliphatic rings. The summed E-state index contributed by atoms with van der Waals surface area (Å²) in [6.07, 6.45) is 0.672. The number of hydrogen-bond donors (Lipinski definition) is 1. The van der Waals surface area contributed by atoms with Gasteiger partial charge in [-0.1, -0.05) is 28.9 Å². The van der Waals surface area contributed by atoms with Crippen molar-refractivity contribution in [3.8, 4) is 11.4 Å². The molecule has 4 aromatic rings. The lowest BCUT2D eigenvalue weighted by molar-refractivity contribution is -0.121. The SMILES string of the molecule is Cc1nc2ccccc2n1CCNC(=O)CCc1nc(-c2ccc(Cl)cc2)no1. The van der Waals surface area contributed by atoms with Crippen LogP contribution in [0.15, 0.2) is 53.1 Å². The normalized spacial score (nSPS) is 11.1. The summed E-state index contributed by atoms with van der Waals surface area (Å²) in [5.41, 5.74) is 2.85. The molecule has 0 spiro atoms. The van der Waals surface area contributed by atoms with Gasteiger partial charge < -0.3 is 14.4 Å². The monoisotopic (exact) mass is 409 g/mol. The Kier molecular flexibility index (Phi) is 5.57. The summed E-state index contributed by atoms with van der Waals surface area (Å²) in [5.74, 6) is 1.79. The minimum atomic E-state index is -0.0571. The predicted octanol–water partition coefficient (Wildman–Crippen LogP) is 3.80. The first kappa shape index (κ1) is 19.1. The number of nitrogens with zero attached hydrogens (tertiary/aromatic N) is 4. The average Bonchev–Trinajstić information content (AvgIpc) is 3.32. The number of carbonyl (C=O) groups excluding carboxylic acids is 1. The summed E-state index contributed by atoms with van der Waals surface area (Å²) in [5, 5.41) is 7.54. The van der Waals surface area contributed by atoms with Crippen LogP contribution < -0.4 is 5.32 Å². The first-order valence-electron chi connectivity index (χ1n) is 9.37. The van der Waals surface area contributed by atoms with E-state index in [1.165, 1.54) is 0 Å². The molecule has 0 fully saturated rings. The van der Waals surface area contributed by atoms with Crippen molar-refractivity contribution in [1.29, 1.82) is 0 Å². The number of aromatic nitrogens is 4. The second kappa shape index (κ2) is 8.45. The Morgan fingerprint density at radius 1 is 1.14 bits per heavy atom. The predicted molar refractivity (Wildman–Crippen MR) is 111 cm³/mol. The minimum absolute atomic E-state index is 0.0571. The van der Waals surface area contributed by atoms with Crippen LogP contribution in [0.2, 0.25) is 5.02 Å². The molecule has 8 heteroatoms. The van der Waals surface area contributed by atoms with Gasteiger partial charge >= 0.3 is 0 Å². The van der Waals surface area contributed by atoms with Crippen LogP contribution in [0, 0.1) is 6.92 Å². The van der Waals surface area contributed by atoms with Gasteiger partial charge in [0.1, 0.15) is 5.82 Å².